The van der Waals surface area contributed by atoms with Gasteiger partial charge < -0.3 is 5.32 Å². The number of hydrogen-bond acceptors (Lipinski definition) is 5. The van der Waals surface area contributed by atoms with Crippen molar-refractivity contribution < 1.29 is 4.63 Å². The Hall–Kier alpha value is -0.940. The Labute approximate surface area is 114 Å². The average Bonchev–Trinajstić information content (AvgIpc) is 2.95. The lowest BCUT2D eigenvalue weighted by Gasteiger charge is -2.37. The molecule has 5 heteroatoms. The van der Waals surface area contributed by atoms with Gasteiger partial charge in [-0.25, -0.2) is 4.63 Å². The molecule has 2 unspecified atom stereocenters. The largest absolute Gasteiger partial charge is 0.311 e. The van der Waals surface area contributed by atoms with E-state index in [9.17, 15) is 0 Å². The lowest BCUT2D eigenvalue weighted by molar-refractivity contribution is 0.130. The van der Waals surface area contributed by atoms with Crippen LogP contribution in [0.15, 0.2) is 4.63 Å². The lowest BCUT2D eigenvalue weighted by Crippen LogP contribution is -2.48. The quantitative estimate of drug-likeness (QED) is 0.880. The van der Waals surface area contributed by atoms with E-state index in [2.05, 4.69) is 27.5 Å². The van der Waals surface area contributed by atoms with Crippen LogP contribution in [0.25, 0.3) is 0 Å². The highest BCUT2D eigenvalue weighted by Gasteiger charge is 2.36. The molecule has 0 saturated carbocycles. The van der Waals surface area contributed by atoms with Gasteiger partial charge in [-0.15, -0.1) is 0 Å². The smallest absolute Gasteiger partial charge is 0.122 e. The molecule has 3 rings (SSSR count). The molecule has 106 valence electrons. The molecule has 1 aromatic heterocycles. The fourth-order valence-corrected chi connectivity index (χ4v) is 3.59. The van der Waals surface area contributed by atoms with Gasteiger partial charge in [0, 0.05) is 24.7 Å². The molecule has 2 aliphatic rings. The first-order valence-corrected chi connectivity index (χ1v) is 7.54. The molecule has 2 fully saturated rings. The topological polar surface area (TPSA) is 54.2 Å². The summed E-state index contributed by atoms with van der Waals surface area (Å²) >= 11 is 0. The first-order valence-electron chi connectivity index (χ1n) is 7.54. The van der Waals surface area contributed by atoms with E-state index < -0.39 is 0 Å². The molecule has 1 N–H and O–H groups in total. The zero-order chi connectivity index (χ0) is 13.2. The van der Waals surface area contributed by atoms with Crippen LogP contribution in [-0.2, 0) is 6.54 Å². The van der Waals surface area contributed by atoms with Crippen molar-refractivity contribution in [2.45, 2.75) is 70.6 Å². The molecule has 0 spiro atoms. The van der Waals surface area contributed by atoms with E-state index >= 15 is 0 Å². The number of hydrogen-bond donors (Lipinski definition) is 1. The van der Waals surface area contributed by atoms with Crippen molar-refractivity contribution in [1.29, 1.82) is 0 Å². The summed E-state index contributed by atoms with van der Waals surface area (Å²) in [5, 5.41) is 11.6. The fourth-order valence-electron chi connectivity index (χ4n) is 3.59. The van der Waals surface area contributed by atoms with Crippen LogP contribution in [0.3, 0.4) is 0 Å². The minimum atomic E-state index is 0.690. The molecule has 19 heavy (non-hydrogen) atoms. The molecule has 1 aromatic rings. The molecular weight excluding hydrogens is 240 g/mol. The monoisotopic (exact) mass is 264 g/mol. The van der Waals surface area contributed by atoms with Crippen LogP contribution >= 0.6 is 0 Å². The summed E-state index contributed by atoms with van der Waals surface area (Å²) in [6, 6.07) is 2.16. The van der Waals surface area contributed by atoms with Gasteiger partial charge in [-0.05, 0) is 45.6 Å². The summed E-state index contributed by atoms with van der Waals surface area (Å²) in [4.78, 5) is 2.58. The molecule has 2 aliphatic heterocycles. The summed E-state index contributed by atoms with van der Waals surface area (Å²) in [5.41, 5.74) is 1.93. The standard InChI is InChI=1S/C14H24N4O/c1-3-6-18(9-14-10(2)16-19-17-14)13-7-11-4-5-12(8-13)15-11/h11-13,15H,3-9H2,1-2H3. The Kier molecular flexibility index (Phi) is 3.84. The van der Waals surface area contributed by atoms with Crippen LogP contribution in [0.1, 0.15) is 50.4 Å². The number of nitrogens with one attached hydrogen (secondary N) is 1. The van der Waals surface area contributed by atoms with Crippen molar-refractivity contribution in [3.05, 3.63) is 11.4 Å². The van der Waals surface area contributed by atoms with Gasteiger partial charge in [-0.1, -0.05) is 17.2 Å². The van der Waals surface area contributed by atoms with Crippen molar-refractivity contribution in [2.24, 2.45) is 0 Å². The third kappa shape index (κ3) is 2.82. The minimum absolute atomic E-state index is 0.690. The van der Waals surface area contributed by atoms with Crippen LogP contribution < -0.4 is 5.32 Å². The lowest BCUT2D eigenvalue weighted by atomic mass is 9.97. The van der Waals surface area contributed by atoms with Crippen LogP contribution in [0.5, 0.6) is 0 Å². The Morgan fingerprint density at radius 1 is 1.26 bits per heavy atom. The van der Waals surface area contributed by atoms with Crippen LogP contribution in [0.4, 0.5) is 0 Å². The Morgan fingerprint density at radius 3 is 2.58 bits per heavy atom. The highest BCUT2D eigenvalue weighted by Crippen LogP contribution is 2.30. The first kappa shape index (κ1) is 13.1. The van der Waals surface area contributed by atoms with Gasteiger partial charge in [0.1, 0.15) is 11.4 Å². The van der Waals surface area contributed by atoms with Crippen LogP contribution in [0, 0.1) is 6.92 Å². The van der Waals surface area contributed by atoms with Crippen molar-refractivity contribution in [2.75, 3.05) is 6.54 Å². The molecule has 3 heterocycles. The van der Waals surface area contributed by atoms with Crippen molar-refractivity contribution in [3.63, 3.8) is 0 Å². The second-order valence-electron chi connectivity index (χ2n) is 6.03. The highest BCUT2D eigenvalue weighted by atomic mass is 16.6. The second-order valence-corrected chi connectivity index (χ2v) is 6.03. The number of fused-ring (bicyclic) bond motifs is 2. The molecule has 5 nitrogen and oxygen atoms in total. The van der Waals surface area contributed by atoms with E-state index in [1.54, 1.807) is 0 Å². The maximum atomic E-state index is 4.83. The molecule has 0 radical (unpaired) electrons. The van der Waals surface area contributed by atoms with E-state index in [0.717, 1.165) is 36.6 Å². The van der Waals surface area contributed by atoms with Crippen molar-refractivity contribution >= 4 is 0 Å². The zero-order valence-electron chi connectivity index (χ0n) is 11.9. The average molecular weight is 264 g/mol. The zero-order valence-corrected chi connectivity index (χ0v) is 11.9. The maximum Gasteiger partial charge on any atom is 0.122 e. The third-order valence-corrected chi connectivity index (χ3v) is 4.57. The predicted octanol–water partition coefficient (Wildman–Crippen LogP) is 1.87. The number of rotatable bonds is 5. The summed E-state index contributed by atoms with van der Waals surface area (Å²) < 4.78 is 4.83. The second kappa shape index (κ2) is 5.59. The molecule has 0 aliphatic carbocycles. The van der Waals surface area contributed by atoms with E-state index in [1.807, 2.05) is 6.92 Å². The fraction of sp³-hybridized carbons (Fsp3) is 0.857. The van der Waals surface area contributed by atoms with Gasteiger partial charge in [-0.3, -0.25) is 4.90 Å². The SMILES string of the molecule is CCCN(Cc1nonc1C)C1CC2CCC(C1)N2. The molecule has 2 bridgehead atoms. The predicted molar refractivity (Wildman–Crippen MR) is 72.7 cm³/mol. The number of nitrogens with zero attached hydrogens (tertiary/aromatic N) is 3. The number of aromatic nitrogens is 2. The highest BCUT2D eigenvalue weighted by molar-refractivity contribution is 5.05. The van der Waals surface area contributed by atoms with Gasteiger partial charge in [-0.2, -0.15) is 0 Å². The molecule has 0 aromatic carbocycles. The van der Waals surface area contributed by atoms with Gasteiger partial charge in [0.15, 0.2) is 0 Å². The van der Waals surface area contributed by atoms with Gasteiger partial charge in [0.2, 0.25) is 0 Å². The summed E-state index contributed by atoms with van der Waals surface area (Å²) in [7, 11) is 0. The van der Waals surface area contributed by atoms with Crippen LogP contribution in [0.2, 0.25) is 0 Å². The number of piperidine rings is 1. The Morgan fingerprint density at radius 2 is 2.00 bits per heavy atom. The van der Waals surface area contributed by atoms with Gasteiger partial charge >= 0.3 is 0 Å². The van der Waals surface area contributed by atoms with Crippen molar-refractivity contribution in [3.8, 4) is 0 Å². The van der Waals surface area contributed by atoms with Crippen LogP contribution in [-0.4, -0.2) is 39.9 Å². The van der Waals surface area contributed by atoms with E-state index in [4.69, 9.17) is 4.63 Å². The summed E-state index contributed by atoms with van der Waals surface area (Å²) in [5.74, 6) is 0. The van der Waals surface area contributed by atoms with Gasteiger partial charge in [0.25, 0.3) is 0 Å². The first-order chi connectivity index (χ1) is 9.26. The van der Waals surface area contributed by atoms with E-state index in [0.29, 0.717) is 6.04 Å². The number of aryl methyl sites for hydroxylation is 1. The maximum absolute atomic E-state index is 4.83. The minimum Gasteiger partial charge on any atom is -0.311 e. The Balaban J connectivity index is 1.68. The molecule has 0 amide bonds. The van der Waals surface area contributed by atoms with E-state index in [-0.39, 0.29) is 0 Å². The Bertz CT molecular complexity index is 407. The molecule has 2 atom stereocenters. The summed E-state index contributed by atoms with van der Waals surface area (Å²) in [6.07, 6.45) is 6.45. The van der Waals surface area contributed by atoms with Gasteiger partial charge in [0.05, 0.1) is 0 Å². The summed E-state index contributed by atoms with van der Waals surface area (Å²) in [6.45, 7) is 6.24. The van der Waals surface area contributed by atoms with Crippen molar-refractivity contribution in [1.82, 2.24) is 20.5 Å². The molecular formula is C14H24N4O. The normalized spacial score (nSPS) is 30.2. The molecule has 2 saturated heterocycles. The van der Waals surface area contributed by atoms with E-state index in [1.165, 1.54) is 32.1 Å². The third-order valence-electron chi connectivity index (χ3n) is 4.57.